The first-order valence-corrected chi connectivity index (χ1v) is 5.83. The molecule has 0 fully saturated rings. The fourth-order valence-electron chi connectivity index (χ4n) is 1.22. The van der Waals surface area contributed by atoms with Crippen LogP contribution in [0.4, 0.5) is 0 Å². The summed E-state index contributed by atoms with van der Waals surface area (Å²) in [5.74, 6) is 1.82. The van der Waals surface area contributed by atoms with Gasteiger partial charge in [0, 0.05) is 0 Å². The molecule has 2 aliphatic rings. The molecule has 0 aromatic heterocycles. The number of guanidine groups is 1. The minimum absolute atomic E-state index is 0.209. The molecule has 0 spiro atoms. The van der Waals surface area contributed by atoms with E-state index in [1.807, 2.05) is 0 Å². The number of nitrogens with two attached hydrogens (primary N) is 1. The molecule has 0 aromatic rings. The molecule has 0 bridgehead atoms. The molecule has 2 aliphatic heterocycles. The van der Waals surface area contributed by atoms with Gasteiger partial charge in [-0.25, -0.2) is 4.99 Å². The molecule has 0 saturated carbocycles. The Morgan fingerprint density at radius 2 is 2.27 bits per heavy atom. The summed E-state index contributed by atoms with van der Waals surface area (Å²) in [6.45, 7) is 2.15. The first-order chi connectivity index (χ1) is 7.31. The summed E-state index contributed by atoms with van der Waals surface area (Å²) in [6, 6.07) is -0.209. The lowest BCUT2D eigenvalue weighted by atomic mass is 10.3. The van der Waals surface area contributed by atoms with Crippen LogP contribution >= 0.6 is 11.8 Å². The number of thioether (sulfide) groups is 1. The average molecular weight is 224 g/mol. The second kappa shape index (κ2) is 4.52. The molecule has 15 heavy (non-hydrogen) atoms. The van der Waals surface area contributed by atoms with Gasteiger partial charge in [0.1, 0.15) is 5.04 Å². The molecule has 2 heterocycles. The molecule has 6 nitrogen and oxygen atoms in total. The van der Waals surface area contributed by atoms with Gasteiger partial charge < -0.3 is 5.73 Å². The molecule has 80 valence electrons. The quantitative estimate of drug-likeness (QED) is 0.734. The summed E-state index contributed by atoms with van der Waals surface area (Å²) in [6.07, 6.45) is 2.31. The van der Waals surface area contributed by atoms with Crippen molar-refractivity contribution < 1.29 is 0 Å². The van der Waals surface area contributed by atoms with Gasteiger partial charge in [-0.1, -0.05) is 13.3 Å². The highest BCUT2D eigenvalue weighted by Gasteiger charge is 2.29. The molecular formula is C8H12N6S. The summed E-state index contributed by atoms with van der Waals surface area (Å²) >= 11 is 1.66. The molecule has 0 amide bonds. The summed E-state index contributed by atoms with van der Waals surface area (Å²) in [7, 11) is 0. The van der Waals surface area contributed by atoms with Crippen LogP contribution in [-0.4, -0.2) is 28.6 Å². The lowest BCUT2D eigenvalue weighted by molar-refractivity contribution is 0.897. The van der Waals surface area contributed by atoms with Gasteiger partial charge in [-0.2, -0.15) is 10.1 Å². The number of rotatable bonds is 3. The molecule has 0 saturated heterocycles. The Morgan fingerprint density at radius 3 is 3.07 bits per heavy atom. The molecular weight excluding hydrogens is 212 g/mol. The molecule has 2 rings (SSSR count). The highest BCUT2D eigenvalue weighted by atomic mass is 32.2. The highest BCUT2D eigenvalue weighted by molar-refractivity contribution is 8.14. The van der Waals surface area contributed by atoms with Gasteiger partial charge in [0.15, 0.2) is 11.9 Å². The van der Waals surface area contributed by atoms with Crippen molar-refractivity contribution in [1.82, 2.24) is 0 Å². The van der Waals surface area contributed by atoms with Crippen molar-refractivity contribution in [3.63, 3.8) is 0 Å². The normalized spacial score (nSPS) is 23.3. The Morgan fingerprint density at radius 1 is 1.40 bits per heavy atom. The first kappa shape index (κ1) is 10.3. The number of hydrogen-bond donors (Lipinski definition) is 1. The van der Waals surface area contributed by atoms with Crippen molar-refractivity contribution in [3.8, 4) is 0 Å². The van der Waals surface area contributed by atoms with Crippen LogP contribution in [0.5, 0.6) is 0 Å². The number of nitrogens with zero attached hydrogens (tertiary/aromatic N) is 5. The largest absolute Gasteiger partial charge is 0.368 e. The van der Waals surface area contributed by atoms with Crippen molar-refractivity contribution in [2.24, 2.45) is 31.2 Å². The molecule has 0 aliphatic carbocycles. The zero-order valence-corrected chi connectivity index (χ0v) is 9.24. The van der Waals surface area contributed by atoms with Gasteiger partial charge in [0.2, 0.25) is 5.96 Å². The number of amidine groups is 1. The minimum atomic E-state index is -0.209. The Hall–Kier alpha value is -1.24. The Balaban J connectivity index is 2.06. The lowest BCUT2D eigenvalue weighted by Crippen LogP contribution is -2.31. The molecule has 0 radical (unpaired) electrons. The van der Waals surface area contributed by atoms with Gasteiger partial charge in [-0.3, -0.25) is 0 Å². The number of hydrogen-bond acceptors (Lipinski definition) is 7. The van der Waals surface area contributed by atoms with Crippen LogP contribution in [0.1, 0.15) is 19.8 Å². The van der Waals surface area contributed by atoms with Gasteiger partial charge in [0.25, 0.3) is 0 Å². The Labute approximate surface area is 91.8 Å². The number of fused-ring (bicyclic) bond motifs is 1. The predicted molar refractivity (Wildman–Crippen MR) is 62.5 cm³/mol. The number of aliphatic imine (C=N–C) groups is 2. The third-order valence-electron chi connectivity index (χ3n) is 1.99. The highest BCUT2D eigenvalue weighted by Crippen LogP contribution is 2.21. The summed E-state index contributed by atoms with van der Waals surface area (Å²) in [5, 5.41) is 12.2. The SMILES string of the molecule is CCCCSC1=NC(N)=NC2=NN=NC21. The zero-order chi connectivity index (χ0) is 10.7. The Bertz CT molecular complexity index is 369. The van der Waals surface area contributed by atoms with Crippen LogP contribution in [0.15, 0.2) is 25.4 Å². The average Bonchev–Trinajstić information content (AvgIpc) is 2.65. The molecule has 0 aromatic carbocycles. The van der Waals surface area contributed by atoms with Gasteiger partial charge in [-0.15, -0.1) is 16.9 Å². The van der Waals surface area contributed by atoms with Crippen molar-refractivity contribution in [2.45, 2.75) is 25.8 Å². The van der Waals surface area contributed by atoms with E-state index >= 15 is 0 Å². The van der Waals surface area contributed by atoms with Crippen molar-refractivity contribution in [2.75, 3.05) is 5.75 Å². The van der Waals surface area contributed by atoms with Crippen molar-refractivity contribution in [3.05, 3.63) is 0 Å². The zero-order valence-electron chi connectivity index (χ0n) is 8.42. The van der Waals surface area contributed by atoms with E-state index in [1.165, 1.54) is 0 Å². The lowest BCUT2D eigenvalue weighted by Gasteiger charge is -2.13. The van der Waals surface area contributed by atoms with E-state index in [0.717, 1.165) is 23.6 Å². The van der Waals surface area contributed by atoms with Gasteiger partial charge in [-0.05, 0) is 17.4 Å². The van der Waals surface area contributed by atoms with Gasteiger partial charge in [0.05, 0.1) is 0 Å². The second-order valence-electron chi connectivity index (χ2n) is 3.19. The van der Waals surface area contributed by atoms with Crippen LogP contribution in [0.2, 0.25) is 0 Å². The second-order valence-corrected chi connectivity index (χ2v) is 4.30. The van der Waals surface area contributed by atoms with Crippen LogP contribution < -0.4 is 5.73 Å². The predicted octanol–water partition coefficient (Wildman–Crippen LogP) is 1.39. The maximum atomic E-state index is 5.57. The van der Waals surface area contributed by atoms with Crippen LogP contribution in [0.25, 0.3) is 0 Å². The van der Waals surface area contributed by atoms with Crippen molar-refractivity contribution in [1.29, 1.82) is 0 Å². The van der Waals surface area contributed by atoms with Crippen molar-refractivity contribution >= 4 is 28.6 Å². The molecule has 1 unspecified atom stereocenters. The van der Waals surface area contributed by atoms with Crippen LogP contribution in [0.3, 0.4) is 0 Å². The summed E-state index contributed by atoms with van der Waals surface area (Å²) in [5.41, 5.74) is 5.57. The topological polar surface area (TPSA) is 87.8 Å². The van der Waals surface area contributed by atoms with E-state index in [4.69, 9.17) is 5.73 Å². The fraction of sp³-hybridized carbons (Fsp3) is 0.625. The Kier molecular flexibility index (Phi) is 3.10. The molecule has 1 atom stereocenters. The summed E-state index contributed by atoms with van der Waals surface area (Å²) < 4.78 is 0. The van der Waals surface area contributed by atoms with Gasteiger partial charge >= 0.3 is 0 Å². The van der Waals surface area contributed by atoms with Crippen LogP contribution in [-0.2, 0) is 0 Å². The maximum absolute atomic E-state index is 5.57. The first-order valence-electron chi connectivity index (χ1n) is 4.84. The van der Waals surface area contributed by atoms with E-state index in [-0.39, 0.29) is 12.0 Å². The monoisotopic (exact) mass is 224 g/mol. The standard InChI is InChI=1S/C8H12N6S/c1-2-3-4-15-7-5-6(13-14-12-5)10-8(9)11-7/h5H,2-4H2,1H3,(H2,9,10,12,13). The number of unbranched alkanes of at least 4 members (excludes halogenated alkanes) is 1. The molecule has 7 heteroatoms. The van der Waals surface area contributed by atoms with E-state index in [2.05, 4.69) is 32.3 Å². The van der Waals surface area contributed by atoms with E-state index in [0.29, 0.717) is 5.84 Å². The van der Waals surface area contributed by atoms with Crippen LogP contribution in [0, 0.1) is 0 Å². The van der Waals surface area contributed by atoms with E-state index < -0.39 is 0 Å². The fourth-order valence-corrected chi connectivity index (χ4v) is 2.33. The third kappa shape index (κ3) is 2.23. The molecule has 2 N–H and O–H groups in total. The van der Waals surface area contributed by atoms with E-state index in [9.17, 15) is 0 Å². The smallest absolute Gasteiger partial charge is 0.222 e. The minimum Gasteiger partial charge on any atom is -0.368 e. The maximum Gasteiger partial charge on any atom is 0.222 e. The summed E-state index contributed by atoms with van der Waals surface area (Å²) in [4.78, 5) is 8.15. The van der Waals surface area contributed by atoms with E-state index in [1.54, 1.807) is 11.8 Å². The third-order valence-corrected chi connectivity index (χ3v) is 3.10.